The van der Waals surface area contributed by atoms with Gasteiger partial charge < -0.3 is 14.8 Å². The van der Waals surface area contributed by atoms with E-state index in [1.807, 2.05) is 74.5 Å². The molecule has 0 aliphatic carbocycles. The van der Waals surface area contributed by atoms with Gasteiger partial charge in [0.25, 0.3) is 0 Å². The molecule has 2 aromatic carbocycles. The highest BCUT2D eigenvalue weighted by Gasteiger charge is 2.41. The Bertz CT molecular complexity index is 1040. The predicted molar refractivity (Wildman–Crippen MR) is 117 cm³/mol. The number of hydrogen-bond donors (Lipinski definition) is 1. The highest BCUT2D eigenvalue weighted by molar-refractivity contribution is 5.79. The summed E-state index contributed by atoms with van der Waals surface area (Å²) in [6.07, 6.45) is 4.28. The number of allylic oxidation sites excluding steroid dienone is 1. The van der Waals surface area contributed by atoms with Crippen LogP contribution >= 0.6 is 0 Å². The van der Waals surface area contributed by atoms with Crippen LogP contribution in [0.3, 0.4) is 0 Å². The molecule has 1 aromatic heterocycles. The molecule has 1 aliphatic rings. The second kappa shape index (κ2) is 9.47. The second-order valence-corrected chi connectivity index (χ2v) is 7.24. The maximum Gasteiger partial charge on any atom is 0.317 e. The largest absolute Gasteiger partial charge is 0.489 e. The van der Waals surface area contributed by atoms with Gasteiger partial charge in [-0.05, 0) is 36.6 Å². The highest BCUT2D eigenvalue weighted by Crippen LogP contribution is 2.39. The minimum absolute atomic E-state index is 0.287. The first-order valence-electron chi connectivity index (χ1n) is 10.5. The Morgan fingerprint density at radius 2 is 1.90 bits per heavy atom. The van der Waals surface area contributed by atoms with Gasteiger partial charge in [-0.15, -0.1) is 0 Å². The molecule has 0 saturated heterocycles. The minimum Gasteiger partial charge on any atom is -0.489 e. The normalized spacial score (nSPS) is 18.8. The Balaban J connectivity index is 1.63. The maximum atomic E-state index is 12.9. The highest BCUT2D eigenvalue weighted by atomic mass is 16.5. The Morgan fingerprint density at radius 1 is 1.13 bits per heavy atom. The van der Waals surface area contributed by atoms with Gasteiger partial charge >= 0.3 is 5.97 Å². The Morgan fingerprint density at radius 3 is 2.61 bits per heavy atom. The number of benzene rings is 2. The van der Waals surface area contributed by atoms with Crippen molar-refractivity contribution in [2.75, 3.05) is 11.9 Å². The molecule has 0 radical (unpaired) electrons. The van der Waals surface area contributed by atoms with E-state index in [4.69, 9.17) is 9.47 Å². The van der Waals surface area contributed by atoms with Crippen molar-refractivity contribution in [3.63, 3.8) is 0 Å². The summed E-state index contributed by atoms with van der Waals surface area (Å²) >= 11 is 0. The number of carbonyl (C=O) groups is 1. The number of aromatic nitrogens is 3. The quantitative estimate of drug-likeness (QED) is 0.575. The SMILES string of the molecule is CC/C=C1/Nc2ncnn2[C@@H](c2ccc(OCc3ccccc3)cc2)[C@H]1C(=O)OCC. The molecule has 7 heteroatoms. The van der Waals surface area contributed by atoms with Crippen LogP contribution in [0.25, 0.3) is 0 Å². The van der Waals surface area contributed by atoms with Crippen LogP contribution in [-0.2, 0) is 16.1 Å². The van der Waals surface area contributed by atoms with Gasteiger partial charge in [0, 0.05) is 5.70 Å². The summed E-state index contributed by atoms with van der Waals surface area (Å²) in [5.41, 5.74) is 2.82. The number of anilines is 1. The summed E-state index contributed by atoms with van der Waals surface area (Å²) in [7, 11) is 0. The summed E-state index contributed by atoms with van der Waals surface area (Å²) in [6, 6.07) is 17.4. The second-order valence-electron chi connectivity index (χ2n) is 7.24. The molecule has 0 spiro atoms. The zero-order valence-electron chi connectivity index (χ0n) is 17.7. The van der Waals surface area contributed by atoms with Crippen molar-refractivity contribution < 1.29 is 14.3 Å². The number of nitrogens with zero attached hydrogens (tertiary/aromatic N) is 3. The summed E-state index contributed by atoms with van der Waals surface area (Å²) < 4.78 is 13.1. The van der Waals surface area contributed by atoms with E-state index in [9.17, 15) is 4.79 Å². The molecular formula is C24H26N4O3. The number of ether oxygens (including phenoxy) is 2. The Kier molecular flexibility index (Phi) is 6.31. The molecule has 0 fully saturated rings. The standard InChI is InChI=1S/C24H26N4O3/c1-3-8-20-21(23(29)30-4-2)22(28-24(27-20)25-16-26-28)18-11-13-19(14-12-18)31-15-17-9-6-5-7-10-17/h5-14,16,21-22H,3-4,15H2,1-2H3,(H,25,26,27)/b20-8+/t21-,22-/m0/s1. The van der Waals surface area contributed by atoms with E-state index in [0.29, 0.717) is 19.2 Å². The van der Waals surface area contributed by atoms with Crippen LogP contribution in [0.4, 0.5) is 5.95 Å². The fourth-order valence-corrected chi connectivity index (χ4v) is 3.78. The molecule has 31 heavy (non-hydrogen) atoms. The van der Waals surface area contributed by atoms with E-state index in [-0.39, 0.29) is 12.0 Å². The average molecular weight is 418 g/mol. The smallest absolute Gasteiger partial charge is 0.317 e. The van der Waals surface area contributed by atoms with Crippen molar-refractivity contribution >= 4 is 11.9 Å². The Hall–Kier alpha value is -3.61. The monoisotopic (exact) mass is 418 g/mol. The Labute approximate surface area is 181 Å². The lowest BCUT2D eigenvalue weighted by Gasteiger charge is -2.33. The van der Waals surface area contributed by atoms with Gasteiger partial charge in [-0.1, -0.05) is 55.5 Å². The van der Waals surface area contributed by atoms with E-state index in [2.05, 4.69) is 15.4 Å². The molecule has 0 unspecified atom stereocenters. The van der Waals surface area contributed by atoms with Gasteiger partial charge in [0.2, 0.25) is 5.95 Å². The van der Waals surface area contributed by atoms with E-state index in [0.717, 1.165) is 29.0 Å². The zero-order valence-corrected chi connectivity index (χ0v) is 17.7. The summed E-state index contributed by atoms with van der Waals surface area (Å²) in [6.45, 7) is 4.66. The topological polar surface area (TPSA) is 78.3 Å². The fourth-order valence-electron chi connectivity index (χ4n) is 3.78. The van der Waals surface area contributed by atoms with E-state index in [1.165, 1.54) is 6.33 Å². The first kappa shape index (κ1) is 20.7. The van der Waals surface area contributed by atoms with Gasteiger partial charge in [-0.3, -0.25) is 4.79 Å². The van der Waals surface area contributed by atoms with Crippen LogP contribution in [-0.4, -0.2) is 27.3 Å². The summed E-state index contributed by atoms with van der Waals surface area (Å²) in [4.78, 5) is 17.2. The van der Waals surface area contributed by atoms with Crippen molar-refractivity contribution in [3.8, 4) is 5.75 Å². The first-order chi connectivity index (χ1) is 15.2. The third kappa shape index (κ3) is 4.45. The van der Waals surface area contributed by atoms with Gasteiger partial charge in [-0.25, -0.2) is 4.68 Å². The van der Waals surface area contributed by atoms with Crippen LogP contribution in [0, 0.1) is 5.92 Å². The number of nitrogens with one attached hydrogen (secondary N) is 1. The van der Waals surface area contributed by atoms with Crippen LogP contribution in [0.15, 0.2) is 72.7 Å². The zero-order chi connectivity index (χ0) is 21.6. The van der Waals surface area contributed by atoms with Crippen molar-refractivity contribution in [1.29, 1.82) is 0 Å². The van der Waals surface area contributed by atoms with Gasteiger partial charge in [0.1, 0.15) is 24.6 Å². The van der Waals surface area contributed by atoms with Gasteiger partial charge in [0.15, 0.2) is 0 Å². The number of hydrogen-bond acceptors (Lipinski definition) is 6. The fraction of sp³-hybridized carbons (Fsp3) is 0.292. The number of fused-ring (bicyclic) bond motifs is 1. The third-order valence-electron chi connectivity index (χ3n) is 5.18. The molecule has 4 rings (SSSR count). The molecule has 3 aromatic rings. The minimum atomic E-state index is -0.537. The molecule has 160 valence electrons. The van der Waals surface area contributed by atoms with Gasteiger partial charge in [-0.2, -0.15) is 10.1 Å². The predicted octanol–water partition coefficient (Wildman–Crippen LogP) is 4.35. The van der Waals surface area contributed by atoms with Crippen LogP contribution in [0.1, 0.15) is 37.4 Å². The van der Waals surface area contributed by atoms with Crippen LogP contribution in [0.5, 0.6) is 5.75 Å². The average Bonchev–Trinajstić information content (AvgIpc) is 3.26. The molecule has 1 aliphatic heterocycles. The lowest BCUT2D eigenvalue weighted by molar-refractivity contribution is -0.147. The number of rotatable bonds is 7. The molecule has 2 heterocycles. The summed E-state index contributed by atoms with van der Waals surface area (Å²) in [5.74, 6) is 0.544. The molecule has 7 nitrogen and oxygen atoms in total. The van der Waals surface area contributed by atoms with Crippen molar-refractivity contribution in [3.05, 3.63) is 83.8 Å². The molecule has 1 N–H and O–H groups in total. The number of esters is 1. The lowest BCUT2D eigenvalue weighted by atomic mass is 9.88. The van der Waals surface area contributed by atoms with E-state index >= 15 is 0 Å². The van der Waals surface area contributed by atoms with Crippen molar-refractivity contribution in [1.82, 2.24) is 14.8 Å². The van der Waals surface area contributed by atoms with Crippen LogP contribution in [0.2, 0.25) is 0 Å². The molecule has 0 bridgehead atoms. The van der Waals surface area contributed by atoms with Crippen molar-refractivity contribution in [2.45, 2.75) is 32.9 Å². The van der Waals surface area contributed by atoms with Gasteiger partial charge in [0.05, 0.1) is 12.6 Å². The molecular weight excluding hydrogens is 392 g/mol. The van der Waals surface area contributed by atoms with Crippen molar-refractivity contribution in [2.24, 2.45) is 5.92 Å². The lowest BCUT2D eigenvalue weighted by Crippen LogP contribution is -2.38. The third-order valence-corrected chi connectivity index (χ3v) is 5.18. The van der Waals surface area contributed by atoms with E-state index in [1.54, 1.807) is 4.68 Å². The molecule has 0 amide bonds. The molecule has 0 saturated carbocycles. The summed E-state index contributed by atoms with van der Waals surface area (Å²) in [5, 5.41) is 7.62. The van der Waals surface area contributed by atoms with E-state index < -0.39 is 5.92 Å². The number of carbonyl (C=O) groups excluding carboxylic acids is 1. The maximum absolute atomic E-state index is 12.9. The molecule has 2 atom stereocenters. The first-order valence-corrected chi connectivity index (χ1v) is 10.5. The van der Waals surface area contributed by atoms with Crippen LogP contribution < -0.4 is 10.1 Å².